The van der Waals surface area contributed by atoms with Crippen LogP contribution in [-0.2, 0) is 4.75 Å². The van der Waals surface area contributed by atoms with Gasteiger partial charge in [-0.1, -0.05) is 18.2 Å². The van der Waals surface area contributed by atoms with Gasteiger partial charge < -0.3 is 5.32 Å². The van der Waals surface area contributed by atoms with Crippen LogP contribution in [0.25, 0.3) is 0 Å². The van der Waals surface area contributed by atoms with Crippen LogP contribution in [0.2, 0.25) is 0 Å². The van der Waals surface area contributed by atoms with Crippen molar-refractivity contribution in [2.75, 3.05) is 7.05 Å². The van der Waals surface area contributed by atoms with E-state index in [4.69, 9.17) is 0 Å². The summed E-state index contributed by atoms with van der Waals surface area (Å²) in [5.74, 6) is -0.292. The van der Waals surface area contributed by atoms with E-state index in [1.54, 1.807) is 25.3 Å². The molecule has 2 nitrogen and oxygen atoms in total. The van der Waals surface area contributed by atoms with Gasteiger partial charge in [-0.05, 0) is 36.4 Å². The van der Waals surface area contributed by atoms with E-state index in [9.17, 15) is 9.18 Å². The van der Waals surface area contributed by atoms with Crippen LogP contribution in [0.15, 0.2) is 36.9 Å². The first-order chi connectivity index (χ1) is 7.51. The zero-order chi connectivity index (χ0) is 12.2. The molecule has 0 unspecified atom stereocenters. The van der Waals surface area contributed by atoms with Crippen LogP contribution >= 0.6 is 11.8 Å². The Bertz CT molecular complexity index is 391. The van der Waals surface area contributed by atoms with Gasteiger partial charge in [0.25, 0.3) is 5.24 Å². The fourth-order valence-corrected chi connectivity index (χ4v) is 2.07. The third-order valence-corrected chi connectivity index (χ3v) is 3.53. The lowest BCUT2D eigenvalue weighted by Crippen LogP contribution is -2.22. The molecule has 1 amide bonds. The van der Waals surface area contributed by atoms with E-state index in [0.717, 1.165) is 17.3 Å². The molecule has 0 bridgehead atoms. The third-order valence-electron chi connectivity index (χ3n) is 2.32. The minimum atomic E-state index is -0.548. The Labute approximate surface area is 98.9 Å². The molecule has 0 aliphatic rings. The van der Waals surface area contributed by atoms with Crippen molar-refractivity contribution in [1.82, 2.24) is 5.32 Å². The van der Waals surface area contributed by atoms with Crippen molar-refractivity contribution in [1.29, 1.82) is 0 Å². The van der Waals surface area contributed by atoms with Gasteiger partial charge in [0, 0.05) is 7.05 Å². The second kappa shape index (κ2) is 5.16. The Morgan fingerprint density at radius 1 is 1.50 bits per heavy atom. The molecule has 0 spiro atoms. The summed E-state index contributed by atoms with van der Waals surface area (Å²) in [5.41, 5.74) is 0.845. The summed E-state index contributed by atoms with van der Waals surface area (Å²) in [6, 6.07) is 6.07. The van der Waals surface area contributed by atoms with Gasteiger partial charge in [-0.3, -0.25) is 4.79 Å². The normalized spacial score (nSPS) is 13.9. The SMILES string of the molecule is C=C[C@](C)(SC(=O)NC)c1ccc(F)cc1. The lowest BCUT2D eigenvalue weighted by atomic mass is 10.0. The average molecular weight is 239 g/mol. The largest absolute Gasteiger partial charge is 0.350 e. The quantitative estimate of drug-likeness (QED) is 0.820. The van der Waals surface area contributed by atoms with E-state index in [0.29, 0.717) is 0 Å². The van der Waals surface area contributed by atoms with Gasteiger partial charge in [-0.2, -0.15) is 0 Å². The molecule has 16 heavy (non-hydrogen) atoms. The van der Waals surface area contributed by atoms with Crippen LogP contribution in [0.4, 0.5) is 9.18 Å². The summed E-state index contributed by atoms with van der Waals surface area (Å²) >= 11 is 1.12. The maximum atomic E-state index is 12.8. The number of rotatable bonds is 3. The van der Waals surface area contributed by atoms with Gasteiger partial charge >= 0.3 is 0 Å². The zero-order valence-corrected chi connectivity index (χ0v) is 10.1. The maximum absolute atomic E-state index is 12.8. The zero-order valence-electron chi connectivity index (χ0n) is 9.29. The molecule has 0 aromatic heterocycles. The predicted molar refractivity (Wildman–Crippen MR) is 66.0 cm³/mol. The molecule has 0 fully saturated rings. The third kappa shape index (κ3) is 2.85. The molecule has 1 rings (SSSR count). The highest BCUT2D eigenvalue weighted by atomic mass is 32.2. The summed E-state index contributed by atoms with van der Waals surface area (Å²) in [5, 5.41) is 2.39. The molecule has 1 aromatic carbocycles. The second-order valence-electron chi connectivity index (χ2n) is 3.46. The average Bonchev–Trinajstić information content (AvgIpc) is 2.29. The van der Waals surface area contributed by atoms with Crippen LogP contribution in [0.3, 0.4) is 0 Å². The van der Waals surface area contributed by atoms with E-state index in [1.165, 1.54) is 12.1 Å². The highest BCUT2D eigenvalue weighted by molar-refractivity contribution is 8.14. The number of thioether (sulfide) groups is 1. The number of nitrogens with one attached hydrogen (secondary N) is 1. The van der Waals surface area contributed by atoms with Gasteiger partial charge in [-0.15, -0.1) is 6.58 Å². The van der Waals surface area contributed by atoms with E-state index in [1.807, 2.05) is 6.92 Å². The van der Waals surface area contributed by atoms with E-state index in [2.05, 4.69) is 11.9 Å². The smallest absolute Gasteiger partial charge is 0.279 e. The first kappa shape index (κ1) is 12.8. The number of hydrogen-bond acceptors (Lipinski definition) is 2. The van der Waals surface area contributed by atoms with Crippen molar-refractivity contribution in [2.24, 2.45) is 0 Å². The molecule has 86 valence electrons. The molecule has 0 saturated heterocycles. The Morgan fingerprint density at radius 2 is 2.06 bits per heavy atom. The Hall–Kier alpha value is -1.29. The van der Waals surface area contributed by atoms with Crippen molar-refractivity contribution in [3.63, 3.8) is 0 Å². The number of benzene rings is 1. The van der Waals surface area contributed by atoms with Crippen LogP contribution in [0.1, 0.15) is 12.5 Å². The molecule has 0 heterocycles. The number of carbonyl (C=O) groups excluding carboxylic acids is 1. The summed E-state index contributed by atoms with van der Waals surface area (Å²) in [6.07, 6.45) is 1.68. The minimum absolute atomic E-state index is 0.147. The summed E-state index contributed by atoms with van der Waals surface area (Å²) in [6.45, 7) is 5.59. The fourth-order valence-electron chi connectivity index (χ4n) is 1.24. The van der Waals surface area contributed by atoms with Crippen molar-refractivity contribution in [3.05, 3.63) is 48.3 Å². The Morgan fingerprint density at radius 3 is 2.50 bits per heavy atom. The molecule has 0 saturated carbocycles. The molecule has 1 N–H and O–H groups in total. The number of amides is 1. The van der Waals surface area contributed by atoms with E-state index in [-0.39, 0.29) is 11.1 Å². The molecule has 0 radical (unpaired) electrons. The van der Waals surface area contributed by atoms with Crippen molar-refractivity contribution in [2.45, 2.75) is 11.7 Å². The molecule has 1 atom stereocenters. The van der Waals surface area contributed by atoms with Crippen LogP contribution < -0.4 is 5.32 Å². The molecule has 0 aliphatic heterocycles. The van der Waals surface area contributed by atoms with Crippen LogP contribution in [0.5, 0.6) is 0 Å². The van der Waals surface area contributed by atoms with E-state index >= 15 is 0 Å². The Kier molecular flexibility index (Phi) is 4.12. The van der Waals surface area contributed by atoms with Crippen molar-refractivity contribution in [3.8, 4) is 0 Å². The van der Waals surface area contributed by atoms with Crippen LogP contribution in [-0.4, -0.2) is 12.3 Å². The number of carbonyl (C=O) groups is 1. The minimum Gasteiger partial charge on any atom is -0.350 e. The van der Waals surface area contributed by atoms with Gasteiger partial charge in [0.2, 0.25) is 0 Å². The Balaban J connectivity index is 2.99. The lowest BCUT2D eigenvalue weighted by Gasteiger charge is -2.24. The summed E-state index contributed by atoms with van der Waals surface area (Å²) in [4.78, 5) is 11.4. The van der Waals surface area contributed by atoms with Crippen molar-refractivity contribution < 1.29 is 9.18 Å². The monoisotopic (exact) mass is 239 g/mol. The molecular formula is C12H14FNOS. The molecule has 4 heteroatoms. The fraction of sp³-hybridized carbons (Fsp3) is 0.250. The molecule has 0 aliphatic carbocycles. The highest BCUT2D eigenvalue weighted by Gasteiger charge is 2.26. The van der Waals surface area contributed by atoms with Crippen molar-refractivity contribution >= 4 is 17.0 Å². The number of hydrogen-bond donors (Lipinski definition) is 1. The standard InChI is InChI=1S/C12H14FNOS/c1-4-12(2,16-11(15)14-3)9-5-7-10(13)8-6-9/h4-8H,1H2,2-3H3,(H,14,15)/t12-/m0/s1. The van der Waals surface area contributed by atoms with Crippen LogP contribution in [0, 0.1) is 5.82 Å². The van der Waals surface area contributed by atoms with Gasteiger partial charge in [0.05, 0.1) is 4.75 Å². The van der Waals surface area contributed by atoms with Gasteiger partial charge in [0.1, 0.15) is 5.82 Å². The molecule has 1 aromatic rings. The lowest BCUT2D eigenvalue weighted by molar-refractivity contribution is 0.262. The highest BCUT2D eigenvalue weighted by Crippen LogP contribution is 2.37. The van der Waals surface area contributed by atoms with Gasteiger partial charge in [-0.25, -0.2) is 4.39 Å². The summed E-state index contributed by atoms with van der Waals surface area (Å²) in [7, 11) is 1.57. The topological polar surface area (TPSA) is 29.1 Å². The van der Waals surface area contributed by atoms with E-state index < -0.39 is 4.75 Å². The molecular weight excluding hydrogens is 225 g/mol. The number of halogens is 1. The first-order valence-corrected chi connectivity index (χ1v) is 5.64. The summed E-state index contributed by atoms with van der Waals surface area (Å²) < 4.78 is 12.2. The second-order valence-corrected chi connectivity index (χ2v) is 4.88. The van der Waals surface area contributed by atoms with Gasteiger partial charge in [0.15, 0.2) is 0 Å². The first-order valence-electron chi connectivity index (χ1n) is 4.82. The predicted octanol–water partition coefficient (Wildman–Crippen LogP) is 3.30. The maximum Gasteiger partial charge on any atom is 0.279 e.